The fraction of sp³-hybridized carbons (Fsp3) is 0.593. The molecular weight excluding hydrogens is 408 g/mol. The lowest BCUT2D eigenvalue weighted by molar-refractivity contribution is 0.157. The second kappa shape index (κ2) is 10.2. The van der Waals surface area contributed by atoms with Crippen molar-refractivity contribution in [1.29, 1.82) is 0 Å². The van der Waals surface area contributed by atoms with Crippen LogP contribution in [0.5, 0.6) is 0 Å². The molecule has 0 amide bonds. The van der Waals surface area contributed by atoms with E-state index in [-0.39, 0.29) is 0 Å². The zero-order valence-electron chi connectivity index (χ0n) is 20.3. The maximum Gasteiger partial charge on any atom is 0.166 e. The maximum absolute atomic E-state index is 5.13. The smallest absolute Gasteiger partial charge is 0.166 e. The van der Waals surface area contributed by atoms with E-state index in [2.05, 4.69) is 52.0 Å². The molecule has 2 aliphatic rings. The highest BCUT2D eigenvalue weighted by Crippen LogP contribution is 2.30. The first-order chi connectivity index (χ1) is 16.2. The summed E-state index contributed by atoms with van der Waals surface area (Å²) in [5.74, 6) is 2.72. The van der Waals surface area contributed by atoms with Crippen LogP contribution in [0.4, 0.5) is 5.82 Å². The summed E-state index contributed by atoms with van der Waals surface area (Å²) >= 11 is 0. The van der Waals surface area contributed by atoms with Crippen molar-refractivity contribution in [2.24, 2.45) is 0 Å². The highest BCUT2D eigenvalue weighted by molar-refractivity contribution is 5.86. The molecule has 3 aromatic rings. The van der Waals surface area contributed by atoms with Gasteiger partial charge in [0.1, 0.15) is 11.6 Å². The zero-order valence-corrected chi connectivity index (χ0v) is 20.3. The van der Waals surface area contributed by atoms with Crippen LogP contribution >= 0.6 is 0 Å². The Bertz CT molecular complexity index is 1050. The van der Waals surface area contributed by atoms with Crippen LogP contribution in [0.2, 0.25) is 0 Å². The third kappa shape index (κ3) is 5.06. The predicted octanol–water partition coefficient (Wildman–Crippen LogP) is 5.81. The maximum atomic E-state index is 5.13. The number of benzene rings is 1. The summed E-state index contributed by atoms with van der Waals surface area (Å²) in [6, 6.07) is 11.7. The van der Waals surface area contributed by atoms with Crippen molar-refractivity contribution in [3.05, 3.63) is 36.2 Å². The molecule has 1 N–H and O–H groups in total. The molecule has 33 heavy (non-hydrogen) atoms. The lowest BCUT2D eigenvalue weighted by Crippen LogP contribution is -2.38. The Morgan fingerprint density at radius 2 is 1.70 bits per heavy atom. The Kier molecular flexibility index (Phi) is 6.91. The highest BCUT2D eigenvalue weighted by Gasteiger charge is 2.22. The first-order valence-corrected chi connectivity index (χ1v) is 13.0. The minimum absolute atomic E-state index is 0.488. The number of likely N-dealkylation sites (tertiary alicyclic amines) is 1. The van der Waals surface area contributed by atoms with Gasteiger partial charge in [-0.2, -0.15) is 0 Å². The van der Waals surface area contributed by atoms with Crippen LogP contribution in [-0.4, -0.2) is 49.6 Å². The van der Waals surface area contributed by atoms with Crippen molar-refractivity contribution in [2.75, 3.05) is 18.4 Å². The largest absolute Gasteiger partial charge is 0.365 e. The topological polar surface area (TPSA) is 58.9 Å². The Balaban J connectivity index is 1.47. The van der Waals surface area contributed by atoms with E-state index in [4.69, 9.17) is 15.0 Å². The SMILES string of the molecule is Cc1nc(NC2CCCCC2)c2nc(-c3ccccc3)n(CCCN3CCCCC3C)c2n1. The van der Waals surface area contributed by atoms with Crippen molar-refractivity contribution in [3.8, 4) is 11.4 Å². The van der Waals surface area contributed by atoms with E-state index in [1.165, 1.54) is 57.9 Å². The number of rotatable bonds is 7. The van der Waals surface area contributed by atoms with Gasteiger partial charge in [-0.3, -0.25) is 0 Å². The molecule has 1 saturated heterocycles. The van der Waals surface area contributed by atoms with Gasteiger partial charge in [0.25, 0.3) is 0 Å². The first kappa shape index (κ1) is 22.3. The first-order valence-electron chi connectivity index (χ1n) is 13.0. The molecule has 0 spiro atoms. The number of piperidine rings is 1. The molecule has 1 saturated carbocycles. The molecule has 1 atom stereocenters. The van der Waals surface area contributed by atoms with E-state index < -0.39 is 0 Å². The molecule has 1 unspecified atom stereocenters. The van der Waals surface area contributed by atoms with Crippen molar-refractivity contribution < 1.29 is 0 Å². The van der Waals surface area contributed by atoms with Gasteiger partial charge >= 0.3 is 0 Å². The van der Waals surface area contributed by atoms with Crippen LogP contribution in [0, 0.1) is 6.92 Å². The second-order valence-corrected chi connectivity index (χ2v) is 9.96. The summed E-state index contributed by atoms with van der Waals surface area (Å²) in [5.41, 5.74) is 3.02. The molecule has 6 nitrogen and oxygen atoms in total. The van der Waals surface area contributed by atoms with Gasteiger partial charge in [0, 0.05) is 30.7 Å². The molecule has 0 radical (unpaired) electrons. The van der Waals surface area contributed by atoms with Crippen LogP contribution in [0.15, 0.2) is 30.3 Å². The molecular formula is C27H38N6. The Morgan fingerprint density at radius 3 is 2.48 bits per heavy atom. The fourth-order valence-electron chi connectivity index (χ4n) is 5.59. The van der Waals surface area contributed by atoms with Crippen molar-refractivity contribution in [3.63, 3.8) is 0 Å². The van der Waals surface area contributed by atoms with E-state index in [1.54, 1.807) is 0 Å². The van der Waals surface area contributed by atoms with Gasteiger partial charge in [0.05, 0.1) is 0 Å². The third-order valence-electron chi connectivity index (χ3n) is 7.45. The Morgan fingerprint density at radius 1 is 0.909 bits per heavy atom. The molecule has 0 bridgehead atoms. The fourth-order valence-corrected chi connectivity index (χ4v) is 5.59. The number of aromatic nitrogens is 4. The second-order valence-electron chi connectivity index (χ2n) is 9.96. The van der Waals surface area contributed by atoms with E-state index in [1.807, 2.05) is 6.92 Å². The van der Waals surface area contributed by atoms with Gasteiger partial charge < -0.3 is 14.8 Å². The monoisotopic (exact) mass is 446 g/mol. The number of nitrogens with one attached hydrogen (secondary N) is 1. The van der Waals surface area contributed by atoms with Crippen LogP contribution in [0.1, 0.15) is 70.5 Å². The molecule has 176 valence electrons. The van der Waals surface area contributed by atoms with Crippen LogP contribution in [0.25, 0.3) is 22.6 Å². The normalized spacial score (nSPS) is 20.4. The van der Waals surface area contributed by atoms with Gasteiger partial charge in [0.2, 0.25) is 0 Å². The minimum atomic E-state index is 0.488. The summed E-state index contributed by atoms with van der Waals surface area (Å²) in [7, 11) is 0. The quantitative estimate of drug-likeness (QED) is 0.496. The summed E-state index contributed by atoms with van der Waals surface area (Å²) in [4.78, 5) is 17.5. The highest BCUT2D eigenvalue weighted by atomic mass is 15.2. The van der Waals surface area contributed by atoms with E-state index >= 15 is 0 Å². The van der Waals surface area contributed by atoms with Gasteiger partial charge in [-0.25, -0.2) is 15.0 Å². The molecule has 5 rings (SSSR count). The number of nitrogens with zero attached hydrogens (tertiary/aromatic N) is 5. The van der Waals surface area contributed by atoms with E-state index in [0.717, 1.165) is 53.7 Å². The number of imidazole rings is 1. The van der Waals surface area contributed by atoms with Crippen LogP contribution < -0.4 is 5.32 Å². The number of fused-ring (bicyclic) bond motifs is 1. The minimum Gasteiger partial charge on any atom is -0.365 e. The van der Waals surface area contributed by atoms with Crippen LogP contribution in [0.3, 0.4) is 0 Å². The summed E-state index contributed by atoms with van der Waals surface area (Å²) < 4.78 is 2.33. The van der Waals surface area contributed by atoms with E-state index in [9.17, 15) is 0 Å². The molecule has 3 heterocycles. The molecule has 1 aliphatic carbocycles. The Hall–Kier alpha value is -2.47. The van der Waals surface area contributed by atoms with Crippen LogP contribution in [-0.2, 0) is 6.54 Å². The average molecular weight is 447 g/mol. The Labute approximate surface area is 197 Å². The summed E-state index contributed by atoms with van der Waals surface area (Å²) in [6.45, 7) is 7.66. The van der Waals surface area contributed by atoms with Crippen molar-refractivity contribution in [1.82, 2.24) is 24.4 Å². The number of hydrogen-bond acceptors (Lipinski definition) is 5. The van der Waals surface area contributed by atoms with Gasteiger partial charge in [-0.05, 0) is 52.5 Å². The lowest BCUT2D eigenvalue weighted by atomic mass is 9.95. The number of hydrogen-bond donors (Lipinski definition) is 1. The molecule has 6 heteroatoms. The van der Waals surface area contributed by atoms with Gasteiger partial charge in [-0.15, -0.1) is 0 Å². The standard InChI is InChI=1S/C27H38N6/c1-20-12-9-10-17-32(20)18-11-19-33-26(22-13-5-3-6-14-22)31-24-25(28-21(2)29-27(24)33)30-23-15-7-4-8-16-23/h3,5-6,13-14,20,23H,4,7-12,15-19H2,1-2H3,(H,28,29,30). The summed E-state index contributed by atoms with van der Waals surface area (Å²) in [5, 5.41) is 3.74. The molecule has 2 fully saturated rings. The average Bonchev–Trinajstić information content (AvgIpc) is 3.20. The molecule has 1 aromatic carbocycles. The molecule has 2 aromatic heterocycles. The predicted molar refractivity (Wildman–Crippen MR) is 135 cm³/mol. The summed E-state index contributed by atoms with van der Waals surface area (Å²) in [6.07, 6.45) is 11.5. The van der Waals surface area contributed by atoms with E-state index in [0.29, 0.717) is 12.1 Å². The lowest BCUT2D eigenvalue weighted by Gasteiger charge is -2.33. The number of aryl methyl sites for hydroxylation is 2. The van der Waals surface area contributed by atoms with Crippen molar-refractivity contribution in [2.45, 2.75) is 90.3 Å². The third-order valence-corrected chi connectivity index (χ3v) is 7.45. The van der Waals surface area contributed by atoms with Crippen molar-refractivity contribution >= 4 is 17.0 Å². The molecule has 1 aliphatic heterocycles. The zero-order chi connectivity index (χ0) is 22.6. The van der Waals surface area contributed by atoms with Gasteiger partial charge in [0.15, 0.2) is 17.0 Å². The van der Waals surface area contributed by atoms with Gasteiger partial charge in [-0.1, -0.05) is 56.0 Å². The number of anilines is 1.